The summed E-state index contributed by atoms with van der Waals surface area (Å²) in [4.78, 5) is 0. The molecule has 0 bridgehead atoms. The molecule has 0 aliphatic rings. The summed E-state index contributed by atoms with van der Waals surface area (Å²) in [5, 5.41) is 3.28. The van der Waals surface area contributed by atoms with Gasteiger partial charge < -0.3 is 10.1 Å². The van der Waals surface area contributed by atoms with E-state index in [1.807, 2.05) is 31.3 Å². The highest BCUT2D eigenvalue weighted by molar-refractivity contribution is 5.32. The van der Waals surface area contributed by atoms with E-state index in [2.05, 4.69) is 17.4 Å². The summed E-state index contributed by atoms with van der Waals surface area (Å²) < 4.78 is 18.5. The summed E-state index contributed by atoms with van der Waals surface area (Å²) in [5.74, 6) is -0.0309. The molecule has 2 aromatic rings. The molecule has 0 radical (unpaired) electrons. The van der Waals surface area contributed by atoms with Crippen molar-refractivity contribution in [2.45, 2.75) is 18.9 Å². The first-order valence-corrected chi connectivity index (χ1v) is 6.79. The quantitative estimate of drug-likeness (QED) is 0.866. The minimum absolute atomic E-state index is 0.185. The molecule has 0 spiro atoms. The van der Waals surface area contributed by atoms with E-state index in [0.717, 1.165) is 18.4 Å². The van der Waals surface area contributed by atoms with Crippen LogP contribution in [-0.4, -0.2) is 14.2 Å². The van der Waals surface area contributed by atoms with Gasteiger partial charge in [-0.05, 0) is 43.1 Å². The number of nitrogens with one attached hydrogen (secondary N) is 1. The summed E-state index contributed by atoms with van der Waals surface area (Å²) in [6, 6.07) is 15.6. The van der Waals surface area contributed by atoms with E-state index in [-0.39, 0.29) is 11.9 Å². The molecule has 0 saturated carbocycles. The van der Waals surface area contributed by atoms with Gasteiger partial charge in [-0.25, -0.2) is 4.39 Å². The van der Waals surface area contributed by atoms with Gasteiger partial charge in [-0.1, -0.05) is 36.4 Å². The zero-order chi connectivity index (χ0) is 14.4. The Labute approximate surface area is 119 Å². The molecule has 20 heavy (non-hydrogen) atoms. The van der Waals surface area contributed by atoms with Crippen LogP contribution in [0.2, 0.25) is 0 Å². The molecule has 2 nitrogen and oxygen atoms in total. The molecule has 0 aromatic heterocycles. The van der Waals surface area contributed by atoms with Crippen molar-refractivity contribution in [3.8, 4) is 5.75 Å². The first-order chi connectivity index (χ1) is 9.74. The van der Waals surface area contributed by atoms with Crippen LogP contribution in [0.4, 0.5) is 4.39 Å². The fourth-order valence-corrected chi connectivity index (χ4v) is 2.33. The molecule has 0 aliphatic carbocycles. The summed E-state index contributed by atoms with van der Waals surface area (Å²) in [5.41, 5.74) is 2.35. The van der Waals surface area contributed by atoms with Gasteiger partial charge in [0.15, 0.2) is 11.6 Å². The first-order valence-electron chi connectivity index (χ1n) is 6.79. The van der Waals surface area contributed by atoms with E-state index in [1.165, 1.54) is 18.7 Å². The third-order valence-electron chi connectivity index (χ3n) is 3.49. The predicted octanol–water partition coefficient (Wildman–Crippen LogP) is 3.73. The molecule has 0 amide bonds. The second-order valence-electron chi connectivity index (χ2n) is 4.76. The molecule has 106 valence electrons. The molecule has 0 aliphatic heterocycles. The van der Waals surface area contributed by atoms with Crippen molar-refractivity contribution in [1.29, 1.82) is 0 Å². The average molecular weight is 273 g/mol. The molecule has 2 aromatic carbocycles. The van der Waals surface area contributed by atoms with Gasteiger partial charge in [0.2, 0.25) is 0 Å². The van der Waals surface area contributed by atoms with Gasteiger partial charge in [-0.2, -0.15) is 0 Å². The largest absolute Gasteiger partial charge is 0.494 e. The lowest BCUT2D eigenvalue weighted by atomic mass is 9.99. The highest BCUT2D eigenvalue weighted by Crippen LogP contribution is 2.25. The molecule has 0 fully saturated rings. The van der Waals surface area contributed by atoms with Crippen LogP contribution in [0.3, 0.4) is 0 Å². The Bertz CT molecular complexity index is 542. The zero-order valence-corrected chi connectivity index (χ0v) is 11.9. The Morgan fingerprint density at radius 1 is 1.15 bits per heavy atom. The standard InChI is InChI=1S/C17H20FNO/c1-19-16(11-8-13-6-4-3-5-7-13)14-9-10-15(18)17(12-14)20-2/h3-7,9-10,12,16,19H,8,11H2,1-2H3. The lowest BCUT2D eigenvalue weighted by Crippen LogP contribution is -2.17. The molecule has 2 rings (SSSR count). The predicted molar refractivity (Wildman–Crippen MR) is 79.5 cm³/mol. The van der Waals surface area contributed by atoms with Gasteiger partial charge in [0.25, 0.3) is 0 Å². The van der Waals surface area contributed by atoms with E-state index in [9.17, 15) is 4.39 Å². The third kappa shape index (κ3) is 3.58. The molecule has 3 heteroatoms. The molecule has 0 saturated heterocycles. The molecule has 0 heterocycles. The SMILES string of the molecule is CNC(CCc1ccccc1)c1ccc(F)c(OC)c1. The maximum Gasteiger partial charge on any atom is 0.165 e. The van der Waals surface area contributed by atoms with Gasteiger partial charge in [0.1, 0.15) is 0 Å². The van der Waals surface area contributed by atoms with Gasteiger partial charge in [-0.3, -0.25) is 0 Å². The Morgan fingerprint density at radius 2 is 1.90 bits per heavy atom. The van der Waals surface area contributed by atoms with Crippen LogP contribution in [0.1, 0.15) is 23.6 Å². The van der Waals surface area contributed by atoms with E-state index in [1.54, 1.807) is 6.07 Å². The van der Waals surface area contributed by atoms with Crippen LogP contribution in [0.25, 0.3) is 0 Å². The summed E-state index contributed by atoms with van der Waals surface area (Å²) in [6.45, 7) is 0. The van der Waals surface area contributed by atoms with Gasteiger partial charge in [0, 0.05) is 6.04 Å². The number of methoxy groups -OCH3 is 1. The van der Waals surface area contributed by atoms with E-state index < -0.39 is 0 Å². The number of rotatable bonds is 6. The summed E-state index contributed by atoms with van der Waals surface area (Å²) in [7, 11) is 3.41. The van der Waals surface area contributed by atoms with E-state index in [0.29, 0.717) is 5.75 Å². The average Bonchev–Trinajstić information content (AvgIpc) is 2.50. The number of aryl methyl sites for hydroxylation is 1. The second-order valence-corrected chi connectivity index (χ2v) is 4.76. The molecule has 1 atom stereocenters. The second kappa shape index (κ2) is 7.06. The highest BCUT2D eigenvalue weighted by atomic mass is 19.1. The smallest absolute Gasteiger partial charge is 0.165 e. The minimum Gasteiger partial charge on any atom is -0.494 e. The fraction of sp³-hybridized carbons (Fsp3) is 0.294. The zero-order valence-electron chi connectivity index (χ0n) is 11.9. The fourth-order valence-electron chi connectivity index (χ4n) is 2.33. The van der Waals surface area contributed by atoms with E-state index >= 15 is 0 Å². The number of hydrogen-bond donors (Lipinski definition) is 1. The number of halogens is 1. The number of benzene rings is 2. The topological polar surface area (TPSA) is 21.3 Å². The maximum absolute atomic E-state index is 13.4. The van der Waals surface area contributed by atoms with Crippen molar-refractivity contribution >= 4 is 0 Å². The normalized spacial score (nSPS) is 12.2. The monoisotopic (exact) mass is 273 g/mol. The van der Waals surface area contributed by atoms with Crippen molar-refractivity contribution in [1.82, 2.24) is 5.32 Å². The Hall–Kier alpha value is -1.87. The third-order valence-corrected chi connectivity index (χ3v) is 3.49. The summed E-state index contributed by atoms with van der Waals surface area (Å²) in [6.07, 6.45) is 1.93. The number of hydrogen-bond acceptors (Lipinski definition) is 2. The van der Waals surface area contributed by atoms with E-state index in [4.69, 9.17) is 4.74 Å². The van der Waals surface area contributed by atoms with Crippen molar-refractivity contribution < 1.29 is 9.13 Å². The molecular weight excluding hydrogens is 253 g/mol. The Balaban J connectivity index is 2.08. The molecule has 1 unspecified atom stereocenters. The molecule has 1 N–H and O–H groups in total. The van der Waals surface area contributed by atoms with Crippen LogP contribution in [0.15, 0.2) is 48.5 Å². The van der Waals surface area contributed by atoms with Crippen molar-refractivity contribution in [2.24, 2.45) is 0 Å². The van der Waals surface area contributed by atoms with Crippen molar-refractivity contribution in [3.05, 3.63) is 65.5 Å². The number of ether oxygens (including phenoxy) is 1. The lowest BCUT2D eigenvalue weighted by molar-refractivity contribution is 0.384. The van der Waals surface area contributed by atoms with Crippen LogP contribution < -0.4 is 10.1 Å². The van der Waals surface area contributed by atoms with Crippen molar-refractivity contribution in [3.63, 3.8) is 0 Å². The minimum atomic E-state index is -0.325. The van der Waals surface area contributed by atoms with Crippen molar-refractivity contribution in [2.75, 3.05) is 14.2 Å². The van der Waals surface area contributed by atoms with Gasteiger partial charge in [0.05, 0.1) is 7.11 Å². The van der Waals surface area contributed by atoms with Crippen LogP contribution in [0, 0.1) is 5.82 Å². The first kappa shape index (κ1) is 14.5. The lowest BCUT2D eigenvalue weighted by Gasteiger charge is -2.17. The maximum atomic E-state index is 13.4. The van der Waals surface area contributed by atoms with Gasteiger partial charge >= 0.3 is 0 Å². The molecular formula is C17H20FNO. The highest BCUT2D eigenvalue weighted by Gasteiger charge is 2.12. The van der Waals surface area contributed by atoms with Gasteiger partial charge in [-0.15, -0.1) is 0 Å². The van der Waals surface area contributed by atoms with Crippen LogP contribution >= 0.6 is 0 Å². The van der Waals surface area contributed by atoms with Crippen LogP contribution in [-0.2, 0) is 6.42 Å². The Kier molecular flexibility index (Phi) is 5.13. The Morgan fingerprint density at radius 3 is 2.55 bits per heavy atom. The summed E-state index contributed by atoms with van der Waals surface area (Å²) >= 11 is 0. The van der Waals surface area contributed by atoms with Crippen LogP contribution in [0.5, 0.6) is 5.75 Å².